The second kappa shape index (κ2) is 7.39. The van der Waals surface area contributed by atoms with Gasteiger partial charge in [0.15, 0.2) is 0 Å². The summed E-state index contributed by atoms with van der Waals surface area (Å²) in [6.07, 6.45) is 2.33. The van der Waals surface area contributed by atoms with Crippen LogP contribution in [0.2, 0.25) is 5.02 Å². The Labute approximate surface area is 119 Å². The van der Waals surface area contributed by atoms with Crippen molar-refractivity contribution in [2.45, 2.75) is 18.9 Å². The molecule has 0 aliphatic carbocycles. The largest absolute Gasteiger partial charge is 0.324 e. The molecule has 100 valence electrons. The predicted molar refractivity (Wildman–Crippen MR) is 81.4 cm³/mol. The van der Waals surface area contributed by atoms with Crippen LogP contribution in [0.15, 0.2) is 24.3 Å². The number of benzene rings is 1. The van der Waals surface area contributed by atoms with Gasteiger partial charge in [-0.05, 0) is 49.4 Å². The smallest absolute Gasteiger partial charge is 0.0406 e. The summed E-state index contributed by atoms with van der Waals surface area (Å²) < 4.78 is 0. The number of hydrogen-bond acceptors (Lipinski definition) is 3. The van der Waals surface area contributed by atoms with Gasteiger partial charge >= 0.3 is 0 Å². The number of nitrogens with zero attached hydrogens (tertiary/aromatic N) is 1. The first-order chi connectivity index (χ1) is 8.75. The van der Waals surface area contributed by atoms with Crippen LogP contribution >= 0.6 is 23.4 Å². The summed E-state index contributed by atoms with van der Waals surface area (Å²) in [7, 11) is 0. The van der Waals surface area contributed by atoms with Crippen molar-refractivity contribution in [2.75, 3.05) is 31.1 Å². The minimum Gasteiger partial charge on any atom is -0.324 e. The van der Waals surface area contributed by atoms with E-state index in [0.29, 0.717) is 0 Å². The summed E-state index contributed by atoms with van der Waals surface area (Å²) in [5.41, 5.74) is 7.41. The first kappa shape index (κ1) is 14.2. The molecule has 1 aromatic rings. The third-order valence-corrected chi connectivity index (χ3v) is 4.67. The second-order valence-corrected chi connectivity index (χ2v) is 6.42. The highest BCUT2D eigenvalue weighted by Crippen LogP contribution is 2.18. The number of hydrogen-bond donors (Lipinski definition) is 1. The molecule has 2 nitrogen and oxygen atoms in total. The van der Waals surface area contributed by atoms with E-state index in [0.717, 1.165) is 18.0 Å². The molecule has 0 bridgehead atoms. The third kappa shape index (κ3) is 4.47. The lowest BCUT2D eigenvalue weighted by Gasteiger charge is -2.21. The van der Waals surface area contributed by atoms with Crippen molar-refractivity contribution < 1.29 is 0 Å². The van der Waals surface area contributed by atoms with Gasteiger partial charge in [-0.3, -0.25) is 0 Å². The molecule has 1 unspecified atom stereocenters. The van der Waals surface area contributed by atoms with Crippen molar-refractivity contribution >= 4 is 23.4 Å². The maximum atomic E-state index is 6.23. The number of thioether (sulfide) groups is 1. The van der Waals surface area contributed by atoms with Crippen LogP contribution in [0.4, 0.5) is 0 Å². The summed E-state index contributed by atoms with van der Waals surface area (Å²) in [6.45, 7) is 3.53. The van der Waals surface area contributed by atoms with Gasteiger partial charge in [0.2, 0.25) is 0 Å². The molecule has 1 atom stereocenters. The Morgan fingerprint density at radius 3 is 2.78 bits per heavy atom. The summed E-state index contributed by atoms with van der Waals surface area (Å²) in [5.74, 6) is 2.57. The molecule has 0 radical (unpaired) electrons. The lowest BCUT2D eigenvalue weighted by molar-refractivity contribution is 0.283. The molecular weight excluding hydrogens is 264 g/mol. The van der Waals surface area contributed by atoms with E-state index in [4.69, 9.17) is 17.3 Å². The normalized spacial score (nSPS) is 19.4. The fourth-order valence-corrected chi connectivity index (χ4v) is 3.27. The second-order valence-electron chi connectivity index (χ2n) is 4.75. The van der Waals surface area contributed by atoms with Crippen LogP contribution in [-0.4, -0.2) is 36.0 Å². The van der Waals surface area contributed by atoms with E-state index >= 15 is 0 Å². The van der Waals surface area contributed by atoms with Crippen LogP contribution in [0.1, 0.15) is 24.4 Å². The summed E-state index contributed by atoms with van der Waals surface area (Å²) in [5, 5.41) is 0.774. The fourth-order valence-electron chi connectivity index (χ4n) is 2.22. The quantitative estimate of drug-likeness (QED) is 0.921. The van der Waals surface area contributed by atoms with Crippen LogP contribution < -0.4 is 5.73 Å². The van der Waals surface area contributed by atoms with Crippen LogP contribution in [0.25, 0.3) is 0 Å². The average Bonchev–Trinajstić information content (AvgIpc) is 2.65. The molecule has 0 amide bonds. The van der Waals surface area contributed by atoms with E-state index in [9.17, 15) is 0 Å². The Balaban J connectivity index is 1.80. The standard InChI is InChI=1S/C14H21ClN2S/c15-13-4-2-12(3-5-13)14(16)6-8-17-7-1-10-18-11-9-17/h2-5,14H,1,6-11,16H2. The van der Waals surface area contributed by atoms with Gasteiger partial charge in [-0.25, -0.2) is 0 Å². The third-order valence-electron chi connectivity index (χ3n) is 3.37. The van der Waals surface area contributed by atoms with E-state index in [-0.39, 0.29) is 6.04 Å². The van der Waals surface area contributed by atoms with Crippen LogP contribution in [0.3, 0.4) is 0 Å². The Morgan fingerprint density at radius 1 is 1.22 bits per heavy atom. The molecule has 1 saturated heterocycles. The fraction of sp³-hybridized carbons (Fsp3) is 0.571. The molecule has 0 spiro atoms. The van der Waals surface area contributed by atoms with E-state index < -0.39 is 0 Å². The Kier molecular flexibility index (Phi) is 5.83. The van der Waals surface area contributed by atoms with Gasteiger partial charge in [0, 0.05) is 23.4 Å². The molecule has 1 aromatic carbocycles. The Hall–Kier alpha value is -0.220. The zero-order chi connectivity index (χ0) is 12.8. The predicted octanol–water partition coefficient (Wildman–Crippen LogP) is 3.17. The molecule has 2 rings (SSSR count). The SMILES string of the molecule is NC(CCN1CCCSCC1)c1ccc(Cl)cc1. The van der Waals surface area contributed by atoms with Gasteiger partial charge in [0.05, 0.1) is 0 Å². The summed E-state index contributed by atoms with van der Waals surface area (Å²) in [4.78, 5) is 2.54. The maximum absolute atomic E-state index is 6.23. The van der Waals surface area contributed by atoms with Gasteiger partial charge in [0.1, 0.15) is 0 Å². The number of rotatable bonds is 4. The van der Waals surface area contributed by atoms with E-state index in [2.05, 4.69) is 16.7 Å². The van der Waals surface area contributed by atoms with E-state index in [1.807, 2.05) is 24.3 Å². The Bertz CT molecular complexity index is 347. The molecule has 1 aliphatic heterocycles. The topological polar surface area (TPSA) is 29.3 Å². The van der Waals surface area contributed by atoms with Crippen molar-refractivity contribution in [3.05, 3.63) is 34.9 Å². The number of nitrogens with two attached hydrogens (primary N) is 1. The highest BCUT2D eigenvalue weighted by atomic mass is 35.5. The first-order valence-electron chi connectivity index (χ1n) is 6.57. The van der Waals surface area contributed by atoms with Gasteiger partial charge in [-0.15, -0.1) is 0 Å². The van der Waals surface area contributed by atoms with Gasteiger partial charge in [0.25, 0.3) is 0 Å². The zero-order valence-electron chi connectivity index (χ0n) is 10.6. The summed E-state index contributed by atoms with van der Waals surface area (Å²) >= 11 is 7.95. The van der Waals surface area contributed by atoms with Crippen molar-refractivity contribution in [1.82, 2.24) is 4.90 Å². The highest BCUT2D eigenvalue weighted by molar-refractivity contribution is 7.99. The van der Waals surface area contributed by atoms with Crippen molar-refractivity contribution in [3.8, 4) is 0 Å². The molecule has 1 aliphatic rings. The first-order valence-corrected chi connectivity index (χ1v) is 8.10. The minimum atomic E-state index is 0.123. The molecule has 18 heavy (non-hydrogen) atoms. The molecule has 1 heterocycles. The molecule has 0 aromatic heterocycles. The van der Waals surface area contributed by atoms with Gasteiger partial charge in [-0.1, -0.05) is 23.7 Å². The van der Waals surface area contributed by atoms with Crippen molar-refractivity contribution in [2.24, 2.45) is 5.73 Å². The van der Waals surface area contributed by atoms with E-state index in [1.54, 1.807) is 0 Å². The van der Waals surface area contributed by atoms with Crippen LogP contribution in [0.5, 0.6) is 0 Å². The van der Waals surface area contributed by atoms with Gasteiger partial charge < -0.3 is 10.6 Å². The summed E-state index contributed by atoms with van der Waals surface area (Å²) in [6, 6.07) is 8.02. The van der Waals surface area contributed by atoms with Crippen molar-refractivity contribution in [1.29, 1.82) is 0 Å². The minimum absolute atomic E-state index is 0.123. The van der Waals surface area contributed by atoms with Crippen LogP contribution in [0, 0.1) is 0 Å². The molecule has 1 fully saturated rings. The van der Waals surface area contributed by atoms with Gasteiger partial charge in [-0.2, -0.15) is 11.8 Å². The highest BCUT2D eigenvalue weighted by Gasteiger charge is 2.12. The molecule has 0 saturated carbocycles. The lowest BCUT2D eigenvalue weighted by atomic mass is 10.0. The lowest BCUT2D eigenvalue weighted by Crippen LogP contribution is -2.29. The molecular formula is C14H21ClN2S. The molecule has 2 N–H and O–H groups in total. The molecule has 4 heteroatoms. The maximum Gasteiger partial charge on any atom is 0.0406 e. The Morgan fingerprint density at radius 2 is 2.00 bits per heavy atom. The van der Waals surface area contributed by atoms with Crippen molar-refractivity contribution in [3.63, 3.8) is 0 Å². The van der Waals surface area contributed by atoms with E-state index in [1.165, 1.54) is 36.6 Å². The monoisotopic (exact) mass is 284 g/mol. The zero-order valence-corrected chi connectivity index (χ0v) is 12.2. The van der Waals surface area contributed by atoms with Crippen LogP contribution in [-0.2, 0) is 0 Å². The average molecular weight is 285 g/mol. The number of halogens is 1.